The van der Waals surface area contributed by atoms with Gasteiger partial charge in [0.25, 0.3) is 0 Å². The third-order valence-corrected chi connectivity index (χ3v) is 64.5. The summed E-state index contributed by atoms with van der Waals surface area (Å²) in [6.45, 7) is 9.55. The summed E-state index contributed by atoms with van der Waals surface area (Å²) in [4.78, 5) is 0. The van der Waals surface area contributed by atoms with Crippen molar-refractivity contribution in [3.8, 4) is 22.3 Å². The van der Waals surface area contributed by atoms with E-state index < -0.39 is 21.5 Å². The van der Waals surface area contributed by atoms with Crippen molar-refractivity contribution in [1.82, 2.24) is 0 Å². The van der Waals surface area contributed by atoms with Crippen LogP contribution in [0.4, 0.5) is 0 Å². The van der Waals surface area contributed by atoms with Crippen molar-refractivity contribution < 1.29 is 15.6 Å². The van der Waals surface area contributed by atoms with Gasteiger partial charge in [-0.05, 0) is 0 Å². The average Bonchev–Trinajstić information content (AvgIpc) is 3.90. The summed E-state index contributed by atoms with van der Waals surface area (Å²) in [5.41, 5.74) is 14.7. The topological polar surface area (TPSA) is 0 Å². The molecule has 9 rings (SSSR count). The third-order valence-electron chi connectivity index (χ3n) is 12.6. The van der Waals surface area contributed by atoms with Crippen LogP contribution in [0.15, 0.2) is 139 Å². The molecule has 0 saturated heterocycles. The van der Waals surface area contributed by atoms with Crippen molar-refractivity contribution in [2.45, 2.75) is 47.0 Å². The summed E-state index contributed by atoms with van der Waals surface area (Å²) in [6.07, 6.45) is 11.9. The van der Waals surface area contributed by atoms with Crippen LogP contribution in [0.3, 0.4) is 0 Å². The molecule has 3 aliphatic rings. The maximum atomic E-state index is 8.86. The van der Waals surface area contributed by atoms with Gasteiger partial charge < -0.3 is 0 Å². The van der Waals surface area contributed by atoms with Crippen LogP contribution >= 0.6 is 17.0 Å². The fourth-order valence-corrected chi connectivity index (χ4v) is 42.0. The Labute approximate surface area is 311 Å². The van der Waals surface area contributed by atoms with Crippen molar-refractivity contribution in [3.05, 3.63) is 166 Å². The second-order valence-corrected chi connectivity index (χ2v) is 58.0. The molecule has 0 nitrogen and oxygen atoms in total. The first-order valence-electron chi connectivity index (χ1n) is 18.5. The molecule has 2 unspecified atom stereocenters. The van der Waals surface area contributed by atoms with Crippen LogP contribution in [0.2, 0.25) is 13.1 Å². The number of allylic oxidation sites excluding steroid dienone is 4. The summed E-state index contributed by atoms with van der Waals surface area (Å²) in [7, 11) is 17.7. The minimum atomic E-state index is -4.97. The van der Waals surface area contributed by atoms with Crippen LogP contribution in [-0.4, -0.2) is 5.92 Å². The molecule has 0 N–H and O–H groups in total. The van der Waals surface area contributed by atoms with E-state index in [0.717, 1.165) is 12.8 Å². The standard InChI is InChI=1S/C24H19.C21H17.C2H7Si.2ClH.Zr/c1-2-8-17(7-1)20-15-19-11-6-14-23(24(19)16-20)22-13-5-10-18-9-3-4-12-21(18)22;1-14-12-20-15(2)10-11-19(21(20)13-14)18-9-5-7-16-6-3-4-8-17(16)18;1-3-2;;;/h1-6,9-17H,7-8H2;3-13H,1-2H3;3H,1-2H3;2*1H;/q;;;;;+2/p-2. The molecule has 3 aliphatic carbocycles. The molecular formula is C47H43Cl2SiZr. The Kier molecular flexibility index (Phi) is 8.17. The summed E-state index contributed by atoms with van der Waals surface area (Å²) >= 11 is -4.97. The van der Waals surface area contributed by atoms with Gasteiger partial charge in [0.05, 0.1) is 0 Å². The van der Waals surface area contributed by atoms with E-state index in [4.69, 9.17) is 17.0 Å². The summed E-state index contributed by atoms with van der Waals surface area (Å²) < 4.78 is 0.123. The average molecular weight is 798 g/mol. The van der Waals surface area contributed by atoms with E-state index in [1.807, 2.05) is 0 Å². The van der Waals surface area contributed by atoms with Crippen molar-refractivity contribution >= 4 is 56.6 Å². The van der Waals surface area contributed by atoms with E-state index in [9.17, 15) is 0 Å². The monoisotopic (exact) mass is 795 g/mol. The quantitative estimate of drug-likeness (QED) is 0.116. The van der Waals surface area contributed by atoms with Crippen LogP contribution in [0.25, 0.3) is 56.0 Å². The SMILES string of the molecule is CC1=Cc2c(-c3cccc4ccccc34)ccc(C)c2[CH]1[Zr]([Cl])([Cl])([CH]1C(C2CC=CC2)=Cc2c(-c3cccc4ccccc34)cccc21)[SiH](C)C. The second-order valence-electron chi connectivity index (χ2n) is 15.5. The molecule has 0 radical (unpaired) electrons. The number of rotatable bonds is 6. The Morgan fingerprint density at radius 2 is 1.12 bits per heavy atom. The number of hydrogen-bond donors (Lipinski definition) is 0. The molecule has 0 fully saturated rings. The molecule has 0 saturated carbocycles. The molecule has 2 atom stereocenters. The number of hydrogen-bond acceptors (Lipinski definition) is 0. The van der Waals surface area contributed by atoms with Crippen molar-refractivity contribution in [2.24, 2.45) is 5.92 Å². The molecule has 0 aliphatic heterocycles. The van der Waals surface area contributed by atoms with Crippen molar-refractivity contribution in [1.29, 1.82) is 0 Å². The van der Waals surface area contributed by atoms with Gasteiger partial charge in [0.15, 0.2) is 0 Å². The molecule has 4 heteroatoms. The molecule has 0 bridgehead atoms. The van der Waals surface area contributed by atoms with Crippen molar-refractivity contribution in [3.63, 3.8) is 0 Å². The van der Waals surface area contributed by atoms with Crippen LogP contribution in [0, 0.1) is 12.8 Å². The van der Waals surface area contributed by atoms with Gasteiger partial charge in [-0.2, -0.15) is 0 Å². The maximum absolute atomic E-state index is 8.86. The zero-order valence-electron chi connectivity index (χ0n) is 29.8. The summed E-state index contributed by atoms with van der Waals surface area (Å²) in [5, 5.41) is 5.10. The molecule has 0 spiro atoms. The normalized spacial score (nSPS) is 19.3. The van der Waals surface area contributed by atoms with Gasteiger partial charge in [-0.25, -0.2) is 0 Å². The molecule has 6 aromatic rings. The van der Waals surface area contributed by atoms with E-state index in [1.54, 1.807) is 0 Å². The predicted octanol–water partition coefficient (Wildman–Crippen LogP) is 14.2. The molecule has 0 aromatic heterocycles. The fourth-order valence-electron chi connectivity index (χ4n) is 10.0. The first-order chi connectivity index (χ1) is 24.7. The zero-order valence-corrected chi connectivity index (χ0v) is 34.9. The van der Waals surface area contributed by atoms with Gasteiger partial charge in [0.2, 0.25) is 0 Å². The molecule has 0 heterocycles. The van der Waals surface area contributed by atoms with E-state index in [-0.39, 0.29) is 7.25 Å². The van der Waals surface area contributed by atoms with E-state index >= 15 is 0 Å². The van der Waals surface area contributed by atoms with E-state index in [2.05, 4.69) is 167 Å². The minimum absolute atomic E-state index is 0.0568. The van der Waals surface area contributed by atoms with Crippen LogP contribution in [0.1, 0.15) is 54.8 Å². The van der Waals surface area contributed by atoms with Gasteiger partial charge in [-0.3, -0.25) is 0 Å². The van der Waals surface area contributed by atoms with Gasteiger partial charge >= 0.3 is 314 Å². The molecular weight excluding hydrogens is 755 g/mol. The summed E-state index contributed by atoms with van der Waals surface area (Å²) in [6, 6.07) is 42.5. The molecule has 51 heavy (non-hydrogen) atoms. The number of aryl methyl sites for hydroxylation is 1. The van der Waals surface area contributed by atoms with Gasteiger partial charge in [0.1, 0.15) is 0 Å². The number of halogens is 2. The first-order valence-corrected chi connectivity index (χ1v) is 34.8. The second kappa shape index (κ2) is 12.4. The summed E-state index contributed by atoms with van der Waals surface area (Å²) in [5.74, 6) is -1.28. The van der Waals surface area contributed by atoms with Gasteiger partial charge in [-0.1, -0.05) is 0 Å². The predicted molar refractivity (Wildman–Crippen MR) is 223 cm³/mol. The number of benzene rings is 6. The van der Waals surface area contributed by atoms with Crippen molar-refractivity contribution in [2.75, 3.05) is 0 Å². The Morgan fingerprint density at radius 1 is 0.569 bits per heavy atom. The molecule has 6 aromatic carbocycles. The number of fused-ring (bicyclic) bond motifs is 4. The van der Waals surface area contributed by atoms with Crippen LogP contribution < -0.4 is 0 Å². The Hall–Kier alpha value is -3.26. The zero-order chi connectivity index (χ0) is 35.1. The van der Waals surface area contributed by atoms with E-state index in [0.29, 0.717) is 5.92 Å². The third kappa shape index (κ3) is 5.00. The van der Waals surface area contributed by atoms with Gasteiger partial charge in [0, 0.05) is 0 Å². The Balaban J connectivity index is 1.28. The van der Waals surface area contributed by atoms with Crippen LogP contribution in [0.5, 0.6) is 0 Å². The van der Waals surface area contributed by atoms with E-state index in [1.165, 1.54) is 82.8 Å². The Morgan fingerprint density at radius 3 is 1.75 bits per heavy atom. The first kappa shape index (κ1) is 33.6. The Bertz CT molecular complexity index is 2480. The molecule has 253 valence electrons. The fraction of sp³-hybridized carbons (Fsp3) is 0.191. The molecule has 0 amide bonds. The van der Waals surface area contributed by atoms with Crippen LogP contribution in [-0.2, 0) is 15.6 Å². The van der Waals surface area contributed by atoms with Gasteiger partial charge in [-0.15, -0.1) is 0 Å².